The van der Waals surface area contributed by atoms with Gasteiger partial charge < -0.3 is 14.2 Å². The predicted octanol–water partition coefficient (Wildman–Crippen LogP) is 4.08. The second kappa shape index (κ2) is 7.71. The normalized spacial score (nSPS) is 27.9. The summed E-state index contributed by atoms with van der Waals surface area (Å²) in [6.07, 6.45) is 2.27. The van der Waals surface area contributed by atoms with Crippen molar-refractivity contribution >= 4 is 11.6 Å². The van der Waals surface area contributed by atoms with E-state index >= 15 is 0 Å². The van der Waals surface area contributed by atoms with Crippen LogP contribution in [0, 0.1) is 0 Å². The lowest BCUT2D eigenvalue weighted by molar-refractivity contribution is -0.222. The van der Waals surface area contributed by atoms with Crippen LogP contribution in [-0.2, 0) is 14.3 Å². The van der Waals surface area contributed by atoms with E-state index in [1.165, 1.54) is 0 Å². The summed E-state index contributed by atoms with van der Waals surface area (Å²) in [5.74, 6) is 0.733. The summed E-state index contributed by atoms with van der Waals surface area (Å²) in [7, 11) is 1.63. The molecule has 0 aromatic heterocycles. The molecule has 0 saturated carbocycles. The molecule has 2 aliphatic rings. The first-order chi connectivity index (χ1) is 13.2. The molecule has 1 amide bonds. The van der Waals surface area contributed by atoms with Gasteiger partial charge >= 0.3 is 0 Å². The van der Waals surface area contributed by atoms with Gasteiger partial charge in [0.05, 0.1) is 19.3 Å². The number of amides is 1. The number of carbonyl (C=O) groups excluding carboxylic acids is 1. The van der Waals surface area contributed by atoms with Crippen molar-refractivity contribution in [1.29, 1.82) is 0 Å². The Bertz CT molecular complexity index is 777. The van der Waals surface area contributed by atoms with Crippen LogP contribution in [0.5, 0.6) is 5.75 Å². The molecule has 5 nitrogen and oxygen atoms in total. The highest BCUT2D eigenvalue weighted by Gasteiger charge is 2.51. The van der Waals surface area contributed by atoms with Crippen molar-refractivity contribution in [2.24, 2.45) is 0 Å². The Morgan fingerprint density at radius 2 is 1.78 bits per heavy atom. The van der Waals surface area contributed by atoms with Gasteiger partial charge in [0.15, 0.2) is 12.4 Å². The first kappa shape index (κ1) is 18.0. The van der Waals surface area contributed by atoms with Crippen molar-refractivity contribution in [2.45, 2.75) is 50.7 Å². The second-order valence-corrected chi connectivity index (χ2v) is 7.13. The maximum atomic E-state index is 13.0. The minimum atomic E-state index is -0.523. The number of hydrogen-bond donors (Lipinski definition) is 0. The second-order valence-electron chi connectivity index (χ2n) is 7.13. The van der Waals surface area contributed by atoms with Crippen LogP contribution in [-0.4, -0.2) is 31.5 Å². The van der Waals surface area contributed by atoms with Gasteiger partial charge in [-0.2, -0.15) is 0 Å². The van der Waals surface area contributed by atoms with Crippen molar-refractivity contribution in [3.8, 4) is 5.75 Å². The minimum absolute atomic E-state index is 0.0316. The van der Waals surface area contributed by atoms with Crippen LogP contribution in [0.2, 0.25) is 0 Å². The van der Waals surface area contributed by atoms with E-state index in [1.807, 2.05) is 54.6 Å². The molecule has 0 N–H and O–H groups in total. The Balaban J connectivity index is 1.58. The Morgan fingerprint density at radius 3 is 2.44 bits per heavy atom. The van der Waals surface area contributed by atoms with Crippen molar-refractivity contribution in [1.82, 2.24) is 0 Å². The van der Waals surface area contributed by atoms with E-state index in [-0.39, 0.29) is 24.3 Å². The van der Waals surface area contributed by atoms with Crippen LogP contribution in [0.25, 0.3) is 0 Å². The molecule has 2 aromatic carbocycles. The molecule has 5 heteroatoms. The minimum Gasteiger partial charge on any atom is -0.497 e. The van der Waals surface area contributed by atoms with Crippen LogP contribution in [0.3, 0.4) is 0 Å². The largest absolute Gasteiger partial charge is 0.497 e. The van der Waals surface area contributed by atoms with E-state index in [0.29, 0.717) is 0 Å². The molecule has 2 aliphatic heterocycles. The average molecular weight is 367 g/mol. The van der Waals surface area contributed by atoms with Crippen molar-refractivity contribution in [3.05, 3.63) is 60.2 Å². The number of β-lactam (4-membered cyclic amide) rings is 1. The molecule has 4 rings (SSSR count). The summed E-state index contributed by atoms with van der Waals surface area (Å²) < 4.78 is 17.2. The van der Waals surface area contributed by atoms with Crippen molar-refractivity contribution in [3.63, 3.8) is 0 Å². The highest BCUT2D eigenvalue weighted by Crippen LogP contribution is 2.42. The van der Waals surface area contributed by atoms with Crippen LogP contribution < -0.4 is 9.64 Å². The van der Waals surface area contributed by atoms with Gasteiger partial charge in [0, 0.05) is 5.69 Å². The first-order valence-electron chi connectivity index (χ1n) is 9.50. The number of methoxy groups -OCH3 is 1. The Morgan fingerprint density at radius 1 is 1.04 bits per heavy atom. The van der Waals surface area contributed by atoms with Gasteiger partial charge in [0.25, 0.3) is 5.91 Å². The molecule has 0 bridgehead atoms. The van der Waals surface area contributed by atoms with E-state index < -0.39 is 6.10 Å². The van der Waals surface area contributed by atoms with E-state index in [9.17, 15) is 4.79 Å². The van der Waals surface area contributed by atoms with Gasteiger partial charge in [-0.05, 0) is 56.0 Å². The molecule has 27 heavy (non-hydrogen) atoms. The van der Waals surface area contributed by atoms with Gasteiger partial charge in [0.2, 0.25) is 0 Å². The summed E-state index contributed by atoms with van der Waals surface area (Å²) in [5, 5.41) is 0. The highest BCUT2D eigenvalue weighted by atomic mass is 16.7. The number of rotatable bonds is 5. The third-order valence-electron chi connectivity index (χ3n) is 5.27. The zero-order valence-corrected chi connectivity index (χ0v) is 15.7. The van der Waals surface area contributed by atoms with Crippen LogP contribution in [0.4, 0.5) is 5.69 Å². The fourth-order valence-corrected chi connectivity index (χ4v) is 3.83. The molecule has 0 aliphatic carbocycles. The van der Waals surface area contributed by atoms with Gasteiger partial charge in [-0.1, -0.05) is 30.3 Å². The van der Waals surface area contributed by atoms with Crippen molar-refractivity contribution in [2.75, 3.05) is 12.0 Å². The quantitative estimate of drug-likeness (QED) is 0.747. The Kier molecular flexibility index (Phi) is 5.14. The summed E-state index contributed by atoms with van der Waals surface area (Å²) in [6.45, 7) is 2.05. The summed E-state index contributed by atoms with van der Waals surface area (Å²) in [4.78, 5) is 14.8. The number of nitrogens with zero attached hydrogens (tertiary/aromatic N) is 1. The highest BCUT2D eigenvalue weighted by molar-refractivity contribution is 6.05. The molecule has 142 valence electrons. The Labute approximate surface area is 159 Å². The molecule has 2 aromatic rings. The van der Waals surface area contributed by atoms with Crippen LogP contribution in [0.1, 0.15) is 37.8 Å². The van der Waals surface area contributed by atoms with Crippen molar-refractivity contribution < 1.29 is 19.0 Å². The number of ether oxygens (including phenoxy) is 3. The van der Waals surface area contributed by atoms with Gasteiger partial charge in [-0.25, -0.2) is 0 Å². The summed E-state index contributed by atoms with van der Waals surface area (Å²) >= 11 is 0. The van der Waals surface area contributed by atoms with Crippen LogP contribution in [0.15, 0.2) is 54.6 Å². The van der Waals surface area contributed by atoms with Crippen LogP contribution >= 0.6 is 0 Å². The lowest BCUT2D eigenvalue weighted by atomic mass is 9.89. The van der Waals surface area contributed by atoms with E-state index in [1.54, 1.807) is 12.0 Å². The third kappa shape index (κ3) is 3.57. The first-order valence-corrected chi connectivity index (χ1v) is 9.50. The molecule has 0 unspecified atom stereocenters. The SMILES string of the molecule is COc1ccc(N2C(=O)[C@@H](O[C@H]3CCC[C@H](C)O3)[C@@H]2c2ccccc2)cc1. The maximum absolute atomic E-state index is 13.0. The standard InChI is InChI=1S/C22H25NO4/c1-15-7-6-10-19(26-15)27-21-20(16-8-4-3-5-9-16)23(22(21)24)17-11-13-18(25-2)14-12-17/h3-5,8-9,11-15,19-21H,6-7,10H2,1-2H3/t15-,19-,20-,21-/m0/s1. The number of carbonyl (C=O) groups is 1. The fourth-order valence-electron chi connectivity index (χ4n) is 3.83. The number of anilines is 1. The number of hydrogen-bond acceptors (Lipinski definition) is 4. The summed E-state index contributed by atoms with van der Waals surface area (Å²) in [6, 6.07) is 17.4. The molecule has 0 spiro atoms. The molecular formula is C22H25NO4. The fraction of sp³-hybridized carbons (Fsp3) is 0.409. The topological polar surface area (TPSA) is 48.0 Å². The zero-order valence-electron chi connectivity index (χ0n) is 15.7. The average Bonchev–Trinajstić information content (AvgIpc) is 2.71. The summed E-state index contributed by atoms with van der Waals surface area (Å²) in [5.41, 5.74) is 1.90. The smallest absolute Gasteiger partial charge is 0.259 e. The number of benzene rings is 2. The van der Waals surface area contributed by atoms with Gasteiger partial charge in [-0.15, -0.1) is 0 Å². The maximum Gasteiger partial charge on any atom is 0.259 e. The molecule has 2 heterocycles. The van der Waals surface area contributed by atoms with Gasteiger partial charge in [0.1, 0.15) is 5.75 Å². The lowest BCUT2D eigenvalue weighted by Crippen LogP contribution is -2.61. The Hall–Kier alpha value is -2.37. The predicted molar refractivity (Wildman–Crippen MR) is 103 cm³/mol. The van der Waals surface area contributed by atoms with E-state index in [0.717, 1.165) is 36.3 Å². The van der Waals surface area contributed by atoms with E-state index in [2.05, 4.69) is 6.92 Å². The van der Waals surface area contributed by atoms with Gasteiger partial charge in [-0.3, -0.25) is 9.69 Å². The molecular weight excluding hydrogens is 342 g/mol. The zero-order chi connectivity index (χ0) is 18.8. The molecule has 2 fully saturated rings. The lowest BCUT2D eigenvalue weighted by Gasteiger charge is -2.48. The van der Waals surface area contributed by atoms with E-state index in [4.69, 9.17) is 14.2 Å². The third-order valence-corrected chi connectivity index (χ3v) is 5.27. The molecule has 4 atom stereocenters. The molecule has 2 saturated heterocycles. The monoisotopic (exact) mass is 367 g/mol. The molecule has 0 radical (unpaired) electrons.